The highest BCUT2D eigenvalue weighted by molar-refractivity contribution is 5.87. The highest BCUT2D eigenvalue weighted by Crippen LogP contribution is 2.45. The Kier molecular flexibility index (Phi) is 3.85. The van der Waals surface area contributed by atoms with Crippen molar-refractivity contribution in [3.8, 4) is 11.1 Å². The van der Waals surface area contributed by atoms with Crippen LogP contribution in [0.1, 0.15) is 56.2 Å². The van der Waals surface area contributed by atoms with Gasteiger partial charge in [-0.1, -0.05) is 67.8 Å². The Morgan fingerprint density at radius 3 is 2.39 bits per heavy atom. The Morgan fingerprint density at radius 2 is 1.70 bits per heavy atom. The number of allylic oxidation sites excluding steroid dienone is 2. The van der Waals surface area contributed by atoms with Crippen molar-refractivity contribution in [2.45, 2.75) is 52.4 Å². The zero-order valence-corrected chi connectivity index (χ0v) is 14.4. The van der Waals surface area contributed by atoms with Gasteiger partial charge in [-0.3, -0.25) is 0 Å². The number of hydrogen-bond acceptors (Lipinski definition) is 0. The number of fused-ring (bicyclic) bond motifs is 1. The van der Waals surface area contributed by atoms with Gasteiger partial charge in [0.1, 0.15) is 0 Å². The van der Waals surface area contributed by atoms with Crippen molar-refractivity contribution in [1.29, 1.82) is 0 Å². The van der Waals surface area contributed by atoms with Crippen LogP contribution in [0.15, 0.2) is 48.0 Å². The average molecular weight is 302 g/mol. The molecular weight excluding hydrogens is 276 g/mol. The van der Waals surface area contributed by atoms with Gasteiger partial charge in [-0.2, -0.15) is 0 Å². The Bertz CT molecular complexity index is 740. The monoisotopic (exact) mass is 302 g/mol. The molecule has 0 amide bonds. The number of benzene rings is 2. The highest BCUT2D eigenvalue weighted by Gasteiger charge is 2.28. The molecule has 0 aliphatic heterocycles. The second-order valence-electron chi connectivity index (χ2n) is 7.20. The molecule has 4 rings (SSSR count). The van der Waals surface area contributed by atoms with E-state index in [1.165, 1.54) is 54.4 Å². The summed E-state index contributed by atoms with van der Waals surface area (Å²) in [5, 5.41) is 0. The molecule has 0 spiro atoms. The Balaban J connectivity index is 1.77. The first-order valence-electron chi connectivity index (χ1n) is 9.19. The normalized spacial score (nSPS) is 17.8. The topological polar surface area (TPSA) is 0 Å². The van der Waals surface area contributed by atoms with Crippen LogP contribution in [0.5, 0.6) is 0 Å². The molecule has 0 atom stereocenters. The van der Waals surface area contributed by atoms with Gasteiger partial charge in [0.2, 0.25) is 0 Å². The standard InChI is InChI=1S/C23H26/c1-3-17-11-13-19(14-12-17)21-10-6-9-20-15-22(16(2)23(20)21)18-7-4-5-8-18/h6,9-14,18H,3-5,7-8,15H2,1-2H3. The van der Waals surface area contributed by atoms with Crippen LogP contribution >= 0.6 is 0 Å². The quantitative estimate of drug-likeness (QED) is 0.612. The smallest absolute Gasteiger partial charge is 0.00521 e. The predicted octanol–water partition coefficient (Wildman–Crippen LogP) is 6.44. The molecule has 2 aliphatic carbocycles. The molecule has 0 saturated heterocycles. The molecule has 118 valence electrons. The third-order valence-corrected chi connectivity index (χ3v) is 5.91. The maximum absolute atomic E-state index is 2.36. The summed E-state index contributed by atoms with van der Waals surface area (Å²) in [7, 11) is 0. The average Bonchev–Trinajstić information content (AvgIpc) is 3.23. The van der Waals surface area contributed by atoms with E-state index in [9.17, 15) is 0 Å². The van der Waals surface area contributed by atoms with Crippen molar-refractivity contribution < 1.29 is 0 Å². The lowest BCUT2D eigenvalue weighted by molar-refractivity contribution is 0.632. The molecule has 0 radical (unpaired) electrons. The van der Waals surface area contributed by atoms with Gasteiger partial charge < -0.3 is 0 Å². The minimum Gasteiger partial charge on any atom is -0.0613 e. The van der Waals surface area contributed by atoms with Crippen LogP contribution in [0.4, 0.5) is 0 Å². The van der Waals surface area contributed by atoms with E-state index < -0.39 is 0 Å². The van der Waals surface area contributed by atoms with E-state index >= 15 is 0 Å². The second kappa shape index (κ2) is 6.00. The Hall–Kier alpha value is -1.82. The number of hydrogen-bond donors (Lipinski definition) is 0. The minimum atomic E-state index is 0.845. The minimum absolute atomic E-state index is 0.845. The molecule has 1 fully saturated rings. The first-order valence-corrected chi connectivity index (χ1v) is 9.19. The summed E-state index contributed by atoms with van der Waals surface area (Å²) in [5.41, 5.74) is 10.6. The second-order valence-corrected chi connectivity index (χ2v) is 7.20. The van der Waals surface area contributed by atoms with Crippen molar-refractivity contribution in [3.05, 3.63) is 64.7 Å². The molecule has 2 aromatic rings. The fourth-order valence-corrected chi connectivity index (χ4v) is 4.57. The summed E-state index contributed by atoms with van der Waals surface area (Å²) in [6, 6.07) is 16.0. The van der Waals surface area contributed by atoms with Gasteiger partial charge in [-0.05, 0) is 71.9 Å². The van der Waals surface area contributed by atoms with Crippen LogP contribution in [-0.4, -0.2) is 0 Å². The molecule has 0 bridgehead atoms. The van der Waals surface area contributed by atoms with Crippen LogP contribution in [0.25, 0.3) is 16.7 Å². The highest BCUT2D eigenvalue weighted by atomic mass is 14.3. The zero-order valence-electron chi connectivity index (χ0n) is 14.4. The van der Waals surface area contributed by atoms with Crippen LogP contribution < -0.4 is 0 Å². The fourth-order valence-electron chi connectivity index (χ4n) is 4.57. The largest absolute Gasteiger partial charge is 0.0613 e. The molecule has 0 heterocycles. The molecule has 2 aliphatic rings. The SMILES string of the molecule is CCc1ccc(-c2cccc3c2C(C)=C(C2CCCC2)C3)cc1. The summed E-state index contributed by atoms with van der Waals surface area (Å²) in [4.78, 5) is 0. The van der Waals surface area contributed by atoms with Crippen LogP contribution in [0.3, 0.4) is 0 Å². The maximum atomic E-state index is 2.36. The van der Waals surface area contributed by atoms with E-state index in [1.807, 2.05) is 0 Å². The van der Waals surface area contributed by atoms with E-state index in [0.29, 0.717) is 0 Å². The lowest BCUT2D eigenvalue weighted by atomic mass is 9.92. The van der Waals surface area contributed by atoms with Crippen molar-refractivity contribution in [3.63, 3.8) is 0 Å². The first kappa shape index (κ1) is 14.8. The van der Waals surface area contributed by atoms with Crippen LogP contribution in [0, 0.1) is 5.92 Å². The van der Waals surface area contributed by atoms with Gasteiger partial charge in [0.15, 0.2) is 0 Å². The van der Waals surface area contributed by atoms with Crippen molar-refractivity contribution in [1.82, 2.24) is 0 Å². The van der Waals surface area contributed by atoms with Gasteiger partial charge in [0.25, 0.3) is 0 Å². The van der Waals surface area contributed by atoms with Crippen LogP contribution in [0.2, 0.25) is 0 Å². The maximum Gasteiger partial charge on any atom is -0.00521 e. The predicted molar refractivity (Wildman–Crippen MR) is 99.5 cm³/mol. The molecule has 0 unspecified atom stereocenters. The van der Waals surface area contributed by atoms with Gasteiger partial charge in [0.05, 0.1) is 0 Å². The lowest BCUT2D eigenvalue weighted by Crippen LogP contribution is -1.99. The summed E-state index contributed by atoms with van der Waals surface area (Å²) < 4.78 is 0. The van der Waals surface area contributed by atoms with E-state index in [-0.39, 0.29) is 0 Å². The lowest BCUT2D eigenvalue weighted by Gasteiger charge is -2.13. The molecule has 1 saturated carbocycles. The fraction of sp³-hybridized carbons (Fsp3) is 0.391. The Morgan fingerprint density at radius 1 is 0.957 bits per heavy atom. The van der Waals surface area contributed by atoms with E-state index in [1.54, 1.807) is 16.7 Å². The first-order chi connectivity index (χ1) is 11.3. The number of aryl methyl sites for hydroxylation is 1. The summed E-state index contributed by atoms with van der Waals surface area (Å²) in [6.45, 7) is 4.58. The van der Waals surface area contributed by atoms with Crippen LogP contribution in [-0.2, 0) is 12.8 Å². The van der Waals surface area contributed by atoms with Gasteiger partial charge >= 0.3 is 0 Å². The molecule has 23 heavy (non-hydrogen) atoms. The molecule has 0 heteroatoms. The zero-order chi connectivity index (χ0) is 15.8. The summed E-state index contributed by atoms with van der Waals surface area (Å²) >= 11 is 0. The van der Waals surface area contributed by atoms with Gasteiger partial charge in [-0.15, -0.1) is 0 Å². The third-order valence-electron chi connectivity index (χ3n) is 5.91. The van der Waals surface area contributed by atoms with Crippen molar-refractivity contribution in [2.75, 3.05) is 0 Å². The van der Waals surface area contributed by atoms with E-state index in [0.717, 1.165) is 12.3 Å². The Labute approximate surface area is 140 Å². The summed E-state index contributed by atoms with van der Waals surface area (Å²) in [5.74, 6) is 0.845. The summed E-state index contributed by atoms with van der Waals surface area (Å²) in [6.07, 6.45) is 7.94. The van der Waals surface area contributed by atoms with E-state index in [2.05, 4.69) is 56.3 Å². The van der Waals surface area contributed by atoms with Gasteiger partial charge in [0, 0.05) is 0 Å². The van der Waals surface area contributed by atoms with Crippen molar-refractivity contribution in [2.24, 2.45) is 5.92 Å². The van der Waals surface area contributed by atoms with E-state index in [4.69, 9.17) is 0 Å². The number of rotatable bonds is 3. The third kappa shape index (κ3) is 2.55. The molecule has 0 aromatic heterocycles. The molecule has 2 aromatic carbocycles. The van der Waals surface area contributed by atoms with Gasteiger partial charge in [-0.25, -0.2) is 0 Å². The molecule has 0 nitrogen and oxygen atoms in total. The molecular formula is C23H26. The van der Waals surface area contributed by atoms with Crippen molar-refractivity contribution >= 4 is 5.57 Å². The molecule has 0 N–H and O–H groups in total.